The van der Waals surface area contributed by atoms with Crippen LogP contribution in [0.15, 0.2) is 49.5 Å². The van der Waals surface area contributed by atoms with Crippen LogP contribution in [0.25, 0.3) is 11.4 Å². The third-order valence-electron chi connectivity index (χ3n) is 3.02. The third kappa shape index (κ3) is 2.48. The largest absolute Gasteiger partial charge is 0.442 e. The second kappa shape index (κ2) is 5.38. The van der Waals surface area contributed by atoms with Crippen molar-refractivity contribution < 1.29 is 4.52 Å². The fourth-order valence-corrected chi connectivity index (χ4v) is 3.49. The molecule has 0 radical (unpaired) electrons. The Hall–Kier alpha value is -1.66. The van der Waals surface area contributed by atoms with Crippen molar-refractivity contribution in [1.29, 1.82) is 0 Å². The first kappa shape index (κ1) is 13.3. The van der Waals surface area contributed by atoms with E-state index in [1.54, 1.807) is 15.9 Å². The Labute approximate surface area is 127 Å². The SMILES string of the molecule is Cc1ccccc1-c1noc(=O)n1Cc1ccc(Br)s1. The van der Waals surface area contributed by atoms with E-state index < -0.39 is 5.76 Å². The normalized spacial score (nSPS) is 10.9. The second-order valence-electron chi connectivity index (χ2n) is 4.38. The van der Waals surface area contributed by atoms with Crippen LogP contribution in [0.1, 0.15) is 10.4 Å². The Morgan fingerprint density at radius 1 is 1.30 bits per heavy atom. The average Bonchev–Trinajstić information content (AvgIpc) is 2.99. The minimum absolute atomic E-state index is 0.437. The number of hydrogen-bond donors (Lipinski definition) is 0. The van der Waals surface area contributed by atoms with Gasteiger partial charge in [-0.1, -0.05) is 29.4 Å². The molecule has 0 N–H and O–H groups in total. The molecule has 4 nitrogen and oxygen atoms in total. The summed E-state index contributed by atoms with van der Waals surface area (Å²) in [6.45, 7) is 2.45. The van der Waals surface area contributed by atoms with Crippen LogP contribution in [0, 0.1) is 6.92 Å². The molecular formula is C14H11BrN2O2S. The van der Waals surface area contributed by atoms with Crippen LogP contribution in [0.4, 0.5) is 0 Å². The van der Waals surface area contributed by atoms with Gasteiger partial charge in [-0.15, -0.1) is 11.3 Å². The predicted molar refractivity (Wildman–Crippen MR) is 82.1 cm³/mol. The van der Waals surface area contributed by atoms with Crippen LogP contribution in [0.5, 0.6) is 0 Å². The van der Waals surface area contributed by atoms with Gasteiger partial charge in [0.25, 0.3) is 0 Å². The zero-order valence-electron chi connectivity index (χ0n) is 10.7. The molecule has 3 rings (SSSR count). The Morgan fingerprint density at radius 3 is 2.80 bits per heavy atom. The van der Waals surface area contributed by atoms with Gasteiger partial charge >= 0.3 is 5.76 Å². The number of benzene rings is 1. The summed E-state index contributed by atoms with van der Waals surface area (Å²) in [5, 5.41) is 3.92. The van der Waals surface area contributed by atoms with E-state index in [1.165, 1.54) is 0 Å². The summed E-state index contributed by atoms with van der Waals surface area (Å²) < 4.78 is 7.43. The molecule has 2 aromatic heterocycles. The van der Waals surface area contributed by atoms with Crippen molar-refractivity contribution in [3.05, 3.63) is 61.2 Å². The van der Waals surface area contributed by atoms with Gasteiger partial charge < -0.3 is 0 Å². The van der Waals surface area contributed by atoms with E-state index in [9.17, 15) is 4.79 Å². The lowest BCUT2D eigenvalue weighted by Gasteiger charge is -2.05. The first-order valence-corrected chi connectivity index (χ1v) is 7.63. The number of nitrogens with zero attached hydrogens (tertiary/aromatic N) is 2. The van der Waals surface area contributed by atoms with Crippen LogP contribution >= 0.6 is 27.3 Å². The van der Waals surface area contributed by atoms with Crippen molar-refractivity contribution in [2.24, 2.45) is 0 Å². The molecule has 20 heavy (non-hydrogen) atoms. The minimum atomic E-state index is -0.437. The van der Waals surface area contributed by atoms with Gasteiger partial charge in [0.05, 0.1) is 10.3 Å². The fraction of sp³-hybridized carbons (Fsp3) is 0.143. The number of hydrogen-bond acceptors (Lipinski definition) is 4. The Bertz CT molecular complexity index is 803. The molecule has 1 aromatic carbocycles. The van der Waals surface area contributed by atoms with Gasteiger partial charge in [0.1, 0.15) is 0 Å². The maximum absolute atomic E-state index is 11.9. The molecule has 0 bridgehead atoms. The lowest BCUT2D eigenvalue weighted by molar-refractivity contribution is 0.378. The molecule has 0 amide bonds. The van der Waals surface area contributed by atoms with Crippen LogP contribution in [0.3, 0.4) is 0 Å². The van der Waals surface area contributed by atoms with E-state index in [4.69, 9.17) is 4.52 Å². The Kier molecular flexibility index (Phi) is 3.58. The van der Waals surface area contributed by atoms with Crippen molar-refractivity contribution in [2.45, 2.75) is 13.5 Å². The zero-order chi connectivity index (χ0) is 14.1. The third-order valence-corrected chi connectivity index (χ3v) is 4.62. The lowest BCUT2D eigenvalue weighted by Crippen LogP contribution is -2.15. The highest BCUT2D eigenvalue weighted by molar-refractivity contribution is 9.11. The summed E-state index contributed by atoms with van der Waals surface area (Å²) in [5.41, 5.74) is 1.97. The highest BCUT2D eigenvalue weighted by Crippen LogP contribution is 2.25. The van der Waals surface area contributed by atoms with Gasteiger partial charge in [0.2, 0.25) is 0 Å². The van der Waals surface area contributed by atoms with E-state index in [2.05, 4.69) is 21.1 Å². The summed E-state index contributed by atoms with van der Waals surface area (Å²) in [7, 11) is 0. The fourth-order valence-electron chi connectivity index (χ4n) is 2.02. The standard InChI is InChI=1S/C14H11BrN2O2S/c1-9-4-2-3-5-11(9)13-16-19-14(18)17(13)8-10-6-7-12(15)20-10/h2-7H,8H2,1H3. The second-order valence-corrected chi connectivity index (χ2v) is 6.93. The molecule has 2 heterocycles. The quantitative estimate of drug-likeness (QED) is 0.723. The zero-order valence-corrected chi connectivity index (χ0v) is 13.1. The molecular weight excluding hydrogens is 340 g/mol. The Morgan fingerprint density at radius 2 is 2.10 bits per heavy atom. The van der Waals surface area contributed by atoms with E-state index in [-0.39, 0.29) is 0 Å². The highest BCUT2D eigenvalue weighted by Gasteiger charge is 2.15. The molecule has 0 saturated carbocycles. The summed E-state index contributed by atoms with van der Waals surface area (Å²) in [4.78, 5) is 12.9. The topological polar surface area (TPSA) is 48.0 Å². The van der Waals surface area contributed by atoms with Crippen LogP contribution in [-0.4, -0.2) is 9.72 Å². The van der Waals surface area contributed by atoms with Crippen LogP contribution in [0.2, 0.25) is 0 Å². The van der Waals surface area contributed by atoms with Crippen molar-refractivity contribution in [3.8, 4) is 11.4 Å². The molecule has 3 aromatic rings. The van der Waals surface area contributed by atoms with Gasteiger partial charge in [0, 0.05) is 10.4 Å². The minimum Gasteiger partial charge on any atom is -0.295 e. The Balaban J connectivity index is 2.06. The van der Waals surface area contributed by atoms with E-state index in [0.29, 0.717) is 12.4 Å². The van der Waals surface area contributed by atoms with Gasteiger partial charge in [-0.05, 0) is 40.5 Å². The van der Waals surface area contributed by atoms with Crippen molar-refractivity contribution in [3.63, 3.8) is 0 Å². The summed E-state index contributed by atoms with van der Waals surface area (Å²) >= 11 is 5.01. The molecule has 0 aliphatic rings. The maximum Gasteiger partial charge on any atom is 0.442 e. The molecule has 102 valence electrons. The van der Waals surface area contributed by atoms with Gasteiger partial charge in [-0.25, -0.2) is 4.79 Å². The molecule has 0 fully saturated rings. The average molecular weight is 351 g/mol. The number of rotatable bonds is 3. The summed E-state index contributed by atoms with van der Waals surface area (Å²) in [6, 6.07) is 11.8. The number of thiophene rings is 1. The first-order valence-electron chi connectivity index (χ1n) is 6.02. The summed E-state index contributed by atoms with van der Waals surface area (Å²) in [5.74, 6) is 0.130. The lowest BCUT2D eigenvalue weighted by atomic mass is 10.1. The molecule has 0 atom stereocenters. The van der Waals surface area contributed by atoms with E-state index in [0.717, 1.165) is 19.8 Å². The van der Waals surface area contributed by atoms with Crippen molar-refractivity contribution in [1.82, 2.24) is 9.72 Å². The van der Waals surface area contributed by atoms with Gasteiger partial charge in [0.15, 0.2) is 5.82 Å². The molecule has 0 aliphatic carbocycles. The molecule has 0 saturated heterocycles. The number of aromatic nitrogens is 2. The molecule has 0 unspecified atom stereocenters. The first-order chi connectivity index (χ1) is 9.65. The maximum atomic E-state index is 11.9. The molecule has 0 spiro atoms. The highest BCUT2D eigenvalue weighted by atomic mass is 79.9. The van der Waals surface area contributed by atoms with Crippen molar-refractivity contribution >= 4 is 27.3 Å². The van der Waals surface area contributed by atoms with Gasteiger partial charge in [-0.2, -0.15) is 0 Å². The number of aryl methyl sites for hydroxylation is 1. The van der Waals surface area contributed by atoms with E-state index in [1.807, 2.05) is 43.3 Å². The monoisotopic (exact) mass is 350 g/mol. The van der Waals surface area contributed by atoms with Crippen molar-refractivity contribution in [2.75, 3.05) is 0 Å². The molecule has 0 aliphatic heterocycles. The van der Waals surface area contributed by atoms with Gasteiger partial charge in [-0.3, -0.25) is 9.09 Å². The summed E-state index contributed by atoms with van der Waals surface area (Å²) in [6.07, 6.45) is 0. The van der Waals surface area contributed by atoms with E-state index >= 15 is 0 Å². The molecule has 6 heteroatoms. The van der Waals surface area contributed by atoms with Crippen LogP contribution in [-0.2, 0) is 6.54 Å². The predicted octanol–water partition coefficient (Wildman–Crippen LogP) is 3.68. The smallest absolute Gasteiger partial charge is 0.295 e. The van der Waals surface area contributed by atoms with Crippen LogP contribution < -0.4 is 5.76 Å². The number of halogens is 1.